The maximum absolute atomic E-state index is 13.0. The van der Waals surface area contributed by atoms with Gasteiger partial charge in [-0.2, -0.15) is 33.7 Å². The first-order chi connectivity index (χ1) is 45.0. The summed E-state index contributed by atoms with van der Waals surface area (Å²) in [4.78, 5) is 26.9. The van der Waals surface area contributed by atoms with E-state index >= 15 is 0 Å². The minimum atomic E-state index is -4.59. The minimum absolute atomic E-state index is 0.0349. The average Bonchev–Trinajstić information content (AvgIpc) is 1.44. The van der Waals surface area contributed by atoms with Gasteiger partial charge in [-0.15, -0.1) is 0 Å². The van der Waals surface area contributed by atoms with Crippen LogP contribution in [0, 0.1) is 5.41 Å². The van der Waals surface area contributed by atoms with Crippen molar-refractivity contribution in [3.63, 3.8) is 0 Å². The van der Waals surface area contributed by atoms with Crippen LogP contribution in [0.1, 0.15) is 176 Å². The summed E-state index contributed by atoms with van der Waals surface area (Å²) < 4.78 is 147. The summed E-state index contributed by atoms with van der Waals surface area (Å²) in [6, 6.07) is 14.3. The first-order valence-corrected chi connectivity index (χ1v) is 40.7. The number of nitrogens with one attached hydrogen (secondary N) is 2. The number of fused-ring (bicyclic) bond motifs is 2. The van der Waals surface area contributed by atoms with E-state index in [1.54, 1.807) is 18.2 Å². The Morgan fingerprint density at radius 2 is 1.23 bits per heavy atom. The number of halogens is 1. The summed E-state index contributed by atoms with van der Waals surface area (Å²) >= 11 is -1.01. The zero-order chi connectivity index (χ0) is 70.4. The normalized spacial score (nSPS) is 18.7. The highest BCUT2D eigenvalue weighted by atomic mass is 127. The lowest BCUT2D eigenvalue weighted by atomic mass is 9.72. The van der Waals surface area contributed by atoms with Crippen molar-refractivity contribution >= 4 is 88.2 Å². The number of anilines is 2. The Labute approximate surface area is 579 Å². The van der Waals surface area contributed by atoms with Crippen molar-refractivity contribution in [1.29, 1.82) is 0 Å². The molecular formula is C72H95IN4O15S4. The topological polar surface area (TPSA) is 291 Å². The van der Waals surface area contributed by atoms with Gasteiger partial charge in [-0.1, -0.05) is 121 Å². The summed E-state index contributed by atoms with van der Waals surface area (Å²) in [5.74, 6) is 0.170. The van der Waals surface area contributed by atoms with Crippen LogP contribution in [0.4, 0.5) is 11.4 Å². The van der Waals surface area contributed by atoms with Crippen molar-refractivity contribution in [3.8, 4) is 5.75 Å². The van der Waals surface area contributed by atoms with Crippen LogP contribution in [0.2, 0.25) is 0 Å². The molecule has 0 radical (unpaired) electrons. The molecule has 19 nitrogen and oxygen atoms in total. The molecule has 0 atom stereocenters. The number of hydrogen-bond acceptors (Lipinski definition) is 13. The molecule has 7 rings (SSSR count). The Hall–Kier alpha value is -6.10. The monoisotopic (exact) mass is 1510 g/mol. The molecule has 2 heterocycles. The lowest BCUT2D eigenvalue weighted by Gasteiger charge is -2.38. The average molecular weight is 1510 g/mol. The molecule has 2 aliphatic carbocycles. The molecule has 2 aliphatic heterocycles. The van der Waals surface area contributed by atoms with Gasteiger partial charge in [0.1, 0.15) is 11.5 Å². The second kappa shape index (κ2) is 33.2. The van der Waals surface area contributed by atoms with Crippen LogP contribution in [0.25, 0.3) is 0 Å². The summed E-state index contributed by atoms with van der Waals surface area (Å²) in [5.41, 5.74) is 8.71. The first kappa shape index (κ1) is 77.3. The number of nitrogens with zero attached hydrogens (tertiary/aromatic N) is 2. The van der Waals surface area contributed by atoms with Gasteiger partial charge in [0.25, 0.3) is 40.5 Å². The van der Waals surface area contributed by atoms with E-state index in [2.05, 4.69) is 64.6 Å². The van der Waals surface area contributed by atoms with E-state index in [1.807, 2.05) is 71.1 Å². The Balaban J connectivity index is 1.01. The van der Waals surface area contributed by atoms with Crippen molar-refractivity contribution in [2.75, 3.05) is 39.9 Å². The fourth-order valence-corrected chi connectivity index (χ4v) is 17.8. The van der Waals surface area contributed by atoms with Gasteiger partial charge in [0.05, 0.1) is 20.4 Å². The molecule has 0 saturated carbocycles. The van der Waals surface area contributed by atoms with Crippen LogP contribution < -0.4 is 23.4 Å². The van der Waals surface area contributed by atoms with Gasteiger partial charge in [0, 0.05) is 91.1 Å². The summed E-state index contributed by atoms with van der Waals surface area (Å²) in [5, 5.41) is 6.02. The van der Waals surface area contributed by atoms with Gasteiger partial charge < -0.3 is 23.4 Å². The lowest BCUT2D eigenvalue weighted by molar-refractivity contribution is -0.121. The minimum Gasteiger partial charge on any atom is -0.457 e. The van der Waals surface area contributed by atoms with E-state index in [0.29, 0.717) is 94.4 Å². The van der Waals surface area contributed by atoms with Gasteiger partial charge in [-0.05, 0) is 203 Å². The zero-order valence-corrected chi connectivity index (χ0v) is 62.0. The first-order valence-electron chi connectivity index (χ1n) is 32.8. The number of rotatable bonds is 31. The molecule has 3 aromatic rings. The summed E-state index contributed by atoms with van der Waals surface area (Å²) in [7, 11) is -17.9. The zero-order valence-electron chi connectivity index (χ0n) is 56.6. The van der Waals surface area contributed by atoms with E-state index < -0.39 is 78.1 Å². The Morgan fingerprint density at radius 3 is 1.86 bits per heavy atom. The predicted molar refractivity (Wildman–Crippen MR) is 390 cm³/mol. The SMILES string of the molecule is CC1=C(/C=C/C(C)=C/C=C/C(C)=C/C(=O)NCCCCCCNC(=O)CCCCCN2/C(=C/C=C3\CCCC(/C=C/C4=IN(CCCCS(=O)(=O)O)c5ccc(S(=O)(=O)O)cc5C4(C)C)=C3Oc3ccc(S(=O)(=O)O)cc3)C(C)(C)c3cc(S(=O)(=O)O)ccc32)C(C)(C)CCC1. The molecule has 0 bridgehead atoms. The number of carbonyl (C=O) groups is 2. The highest BCUT2D eigenvalue weighted by Crippen LogP contribution is 2.50. The van der Waals surface area contributed by atoms with E-state index in [4.69, 9.17) is 4.74 Å². The molecule has 524 valence electrons. The molecule has 4 aliphatic rings. The molecule has 0 spiro atoms. The van der Waals surface area contributed by atoms with E-state index in [1.165, 1.54) is 72.5 Å². The maximum atomic E-state index is 13.0. The second-order valence-electron chi connectivity index (χ2n) is 26.8. The van der Waals surface area contributed by atoms with Crippen molar-refractivity contribution in [3.05, 3.63) is 177 Å². The van der Waals surface area contributed by atoms with Crippen molar-refractivity contribution < 1.29 is 66.2 Å². The van der Waals surface area contributed by atoms with Crippen molar-refractivity contribution in [1.82, 2.24) is 10.6 Å². The van der Waals surface area contributed by atoms with Crippen molar-refractivity contribution in [2.45, 2.75) is 191 Å². The van der Waals surface area contributed by atoms with E-state index in [9.17, 15) is 61.5 Å². The Morgan fingerprint density at radius 1 is 0.625 bits per heavy atom. The number of ether oxygens (including phenoxy) is 1. The summed E-state index contributed by atoms with van der Waals surface area (Å²) in [6.45, 7) is 20.7. The summed E-state index contributed by atoms with van der Waals surface area (Å²) in [6.07, 6.45) is 31.6. The van der Waals surface area contributed by atoms with Crippen LogP contribution in [0.15, 0.2) is 181 Å². The van der Waals surface area contributed by atoms with Crippen LogP contribution in [-0.2, 0) is 60.9 Å². The van der Waals surface area contributed by atoms with Crippen LogP contribution in [0.5, 0.6) is 5.75 Å². The number of carbonyl (C=O) groups excluding carboxylic acids is 2. The van der Waals surface area contributed by atoms with Gasteiger partial charge in [0.15, 0.2) is 0 Å². The maximum Gasteiger partial charge on any atom is 0.294 e. The predicted octanol–water partition coefficient (Wildman–Crippen LogP) is 14.8. The molecule has 24 heteroatoms. The smallest absolute Gasteiger partial charge is 0.294 e. The largest absolute Gasteiger partial charge is 0.457 e. The highest BCUT2D eigenvalue weighted by molar-refractivity contribution is 14.2. The fraction of sp³-hybridized carbons (Fsp3) is 0.458. The molecule has 96 heavy (non-hydrogen) atoms. The Bertz CT molecular complexity index is 4190. The van der Waals surface area contributed by atoms with Gasteiger partial charge in [-0.25, -0.2) is 0 Å². The molecule has 0 unspecified atom stereocenters. The second-order valence-corrected chi connectivity index (χ2v) is 35.5. The quantitative estimate of drug-likeness (QED) is 0.00871. The van der Waals surface area contributed by atoms with Gasteiger partial charge in [-0.3, -0.25) is 27.8 Å². The highest BCUT2D eigenvalue weighted by Gasteiger charge is 2.41. The number of hydrogen-bond donors (Lipinski definition) is 6. The third kappa shape index (κ3) is 21.7. The number of benzene rings is 3. The standard InChI is InChI=1S/C72H95IN4O15S4/c1-51(28-37-60-53(3)24-21-42-70(60,4)5)22-19-23-52(2)48-68(79)75-44-15-11-10-14-43-74-67(78)27-13-12-16-45-76-63-38-35-58(95(86,87)88)49-61(63)72(8,9)66(76)41-30-55-26-20-25-54(69(55)92-56-31-33-57(34-32-56)94(83,84)85)29-40-65-71(6,7)62-50-59(96(89,90)91)36-39-64(62)77(73-65)46-17-18-47-93(80,81)82/h19,22-23,28-41,48-50H,10-18,20-21,24-27,42-47H2,1-9H3,(H,74,78)(H,75,79)(H,80,81,82)(H,83,84,85)(H,86,87,88)(H,89,90,91)/b23-19+,37-28+,40-29+,51-22+,52-48+,55-30+,66-41+. The number of allylic oxidation sites excluding steroid dienone is 16. The third-order valence-corrected chi connectivity index (χ3v) is 25.2. The molecule has 0 saturated heterocycles. The van der Waals surface area contributed by atoms with E-state index in [0.717, 1.165) is 75.0 Å². The fourth-order valence-electron chi connectivity index (χ4n) is 12.6. The number of unbranched alkanes of at least 4 members (excludes halogenated alkanes) is 6. The van der Waals surface area contributed by atoms with Crippen LogP contribution >= 0.6 is 21.0 Å². The van der Waals surface area contributed by atoms with Crippen LogP contribution in [-0.4, -0.2) is 99.1 Å². The molecule has 2 amide bonds. The molecule has 0 aromatic heterocycles. The lowest BCUT2D eigenvalue weighted by Crippen LogP contribution is -2.34. The van der Waals surface area contributed by atoms with Crippen molar-refractivity contribution in [2.24, 2.45) is 5.41 Å². The van der Waals surface area contributed by atoms with Gasteiger partial charge in [0.2, 0.25) is 11.8 Å². The molecule has 6 N–H and O–H groups in total. The van der Waals surface area contributed by atoms with Gasteiger partial charge >= 0.3 is 0 Å². The number of amides is 2. The molecule has 3 aromatic carbocycles. The molecular weight excluding hydrogens is 1420 g/mol. The van der Waals surface area contributed by atoms with E-state index in [-0.39, 0.29) is 44.1 Å². The Kier molecular flexibility index (Phi) is 26.7. The van der Waals surface area contributed by atoms with Crippen LogP contribution in [0.3, 0.4) is 0 Å². The molecule has 0 fully saturated rings. The third-order valence-electron chi connectivity index (χ3n) is 18.0.